The minimum atomic E-state index is -1.94. The molecule has 0 amide bonds. The van der Waals surface area contributed by atoms with Gasteiger partial charge in [-0.25, -0.2) is 0 Å². The van der Waals surface area contributed by atoms with Gasteiger partial charge in [0.2, 0.25) is 0 Å². The molecule has 20 heavy (non-hydrogen) atoms. The molecule has 0 aliphatic rings. The molecule has 0 fully saturated rings. The zero-order valence-electron chi connectivity index (χ0n) is 14.1. The van der Waals surface area contributed by atoms with Crippen LogP contribution in [-0.4, -0.2) is 37.8 Å². The molecule has 0 radical (unpaired) electrons. The molecule has 0 bridgehead atoms. The molecule has 0 aromatic rings. The summed E-state index contributed by atoms with van der Waals surface area (Å²) in [6, 6.07) is 0. The summed E-state index contributed by atoms with van der Waals surface area (Å²) in [7, 11) is -1.94. The minimum Gasteiger partial charge on any atom is -0.415 e. The summed E-state index contributed by atoms with van der Waals surface area (Å²) in [5, 5.41) is 19.0. The van der Waals surface area contributed by atoms with Crippen molar-refractivity contribution in [2.45, 2.75) is 71.2 Å². The van der Waals surface area contributed by atoms with Crippen LogP contribution in [0.4, 0.5) is 0 Å². The lowest BCUT2D eigenvalue weighted by Crippen LogP contribution is -2.49. The van der Waals surface area contributed by atoms with E-state index >= 15 is 0 Å². The maximum absolute atomic E-state index is 9.84. The standard InChI is InChI=1S/C16H32O3Si/c1-8-9-15(16(18)10-17)11-19-20(12(2)3,13(4)5)14(6)7/h12-18H,10-11H2,1-7H3/t15-,16+/m0/s1. The van der Waals surface area contributed by atoms with Crippen LogP contribution in [0, 0.1) is 17.8 Å². The Bertz CT molecular complexity index is 307. The number of hydrogen-bond donors (Lipinski definition) is 2. The molecular weight excluding hydrogens is 268 g/mol. The van der Waals surface area contributed by atoms with Crippen LogP contribution in [0.2, 0.25) is 16.6 Å². The summed E-state index contributed by atoms with van der Waals surface area (Å²) < 4.78 is 6.42. The van der Waals surface area contributed by atoms with Gasteiger partial charge in [0.25, 0.3) is 0 Å². The van der Waals surface area contributed by atoms with Crippen molar-refractivity contribution in [3.8, 4) is 11.8 Å². The van der Waals surface area contributed by atoms with Crippen molar-refractivity contribution in [1.29, 1.82) is 0 Å². The molecule has 0 spiro atoms. The van der Waals surface area contributed by atoms with Gasteiger partial charge in [0.05, 0.1) is 25.2 Å². The van der Waals surface area contributed by atoms with Gasteiger partial charge in [0, 0.05) is 0 Å². The fourth-order valence-corrected chi connectivity index (χ4v) is 8.76. The zero-order valence-corrected chi connectivity index (χ0v) is 15.1. The van der Waals surface area contributed by atoms with Crippen LogP contribution in [0.3, 0.4) is 0 Å². The van der Waals surface area contributed by atoms with E-state index in [4.69, 9.17) is 9.53 Å². The molecule has 0 unspecified atom stereocenters. The fraction of sp³-hybridized carbons (Fsp3) is 0.875. The van der Waals surface area contributed by atoms with Crippen molar-refractivity contribution in [3.63, 3.8) is 0 Å². The van der Waals surface area contributed by atoms with Gasteiger partial charge >= 0.3 is 0 Å². The Morgan fingerprint density at radius 2 is 1.45 bits per heavy atom. The fourth-order valence-electron chi connectivity index (χ4n) is 3.30. The molecule has 0 aliphatic carbocycles. The Balaban J connectivity index is 5.12. The highest BCUT2D eigenvalue weighted by Crippen LogP contribution is 2.42. The first-order valence-corrected chi connectivity index (χ1v) is 9.73. The van der Waals surface area contributed by atoms with Gasteiger partial charge in [-0.3, -0.25) is 0 Å². The third-order valence-corrected chi connectivity index (χ3v) is 10.3. The lowest BCUT2D eigenvalue weighted by molar-refractivity contribution is 0.0459. The summed E-state index contributed by atoms with van der Waals surface area (Å²) in [5.74, 6) is 5.47. The van der Waals surface area contributed by atoms with E-state index in [9.17, 15) is 5.11 Å². The van der Waals surface area contributed by atoms with Crippen LogP contribution in [0.15, 0.2) is 0 Å². The van der Waals surface area contributed by atoms with E-state index in [1.54, 1.807) is 6.92 Å². The maximum Gasteiger partial charge on any atom is 0.200 e. The molecule has 0 rings (SSSR count). The average Bonchev–Trinajstić information content (AvgIpc) is 2.35. The van der Waals surface area contributed by atoms with Gasteiger partial charge in [-0.1, -0.05) is 47.5 Å². The molecule has 0 saturated heterocycles. The molecule has 0 heterocycles. The van der Waals surface area contributed by atoms with E-state index in [1.165, 1.54) is 0 Å². The largest absolute Gasteiger partial charge is 0.415 e. The maximum atomic E-state index is 9.84. The molecule has 3 nitrogen and oxygen atoms in total. The van der Waals surface area contributed by atoms with Gasteiger partial charge in [0.1, 0.15) is 0 Å². The Hall–Kier alpha value is -0.343. The van der Waals surface area contributed by atoms with Gasteiger partial charge in [-0.15, -0.1) is 5.92 Å². The Kier molecular flexibility index (Phi) is 8.68. The van der Waals surface area contributed by atoms with E-state index in [1.807, 2.05) is 0 Å². The first-order chi connectivity index (χ1) is 9.23. The van der Waals surface area contributed by atoms with Crippen molar-refractivity contribution in [2.75, 3.05) is 13.2 Å². The smallest absolute Gasteiger partial charge is 0.200 e. The van der Waals surface area contributed by atoms with E-state index in [0.29, 0.717) is 23.2 Å². The van der Waals surface area contributed by atoms with Crippen molar-refractivity contribution >= 4 is 8.32 Å². The first kappa shape index (κ1) is 19.7. The van der Waals surface area contributed by atoms with Crippen molar-refractivity contribution < 1.29 is 14.6 Å². The van der Waals surface area contributed by atoms with Gasteiger partial charge in [-0.05, 0) is 23.5 Å². The third kappa shape index (κ3) is 4.59. The van der Waals surface area contributed by atoms with Gasteiger partial charge in [0.15, 0.2) is 8.32 Å². The molecule has 0 saturated carbocycles. The third-order valence-electron chi connectivity index (χ3n) is 4.20. The lowest BCUT2D eigenvalue weighted by atomic mass is 10.1. The number of hydrogen-bond acceptors (Lipinski definition) is 3. The molecule has 0 aromatic carbocycles. The highest BCUT2D eigenvalue weighted by Gasteiger charge is 2.45. The molecule has 2 N–H and O–H groups in total. The predicted molar refractivity (Wildman–Crippen MR) is 87.0 cm³/mol. The highest BCUT2D eigenvalue weighted by molar-refractivity contribution is 6.77. The van der Waals surface area contributed by atoms with E-state index in [0.717, 1.165) is 0 Å². The Morgan fingerprint density at radius 1 is 1.00 bits per heavy atom. The normalized spacial score (nSPS) is 15.4. The minimum absolute atomic E-state index is 0.275. The van der Waals surface area contributed by atoms with Crippen molar-refractivity contribution in [3.05, 3.63) is 0 Å². The van der Waals surface area contributed by atoms with Crippen LogP contribution < -0.4 is 0 Å². The highest BCUT2D eigenvalue weighted by atomic mass is 28.4. The number of aliphatic hydroxyl groups is 2. The van der Waals surface area contributed by atoms with Crippen LogP contribution in [-0.2, 0) is 4.43 Å². The molecule has 0 aromatic heterocycles. The van der Waals surface area contributed by atoms with Crippen LogP contribution >= 0.6 is 0 Å². The molecule has 4 heteroatoms. The van der Waals surface area contributed by atoms with E-state index < -0.39 is 14.4 Å². The summed E-state index contributed by atoms with van der Waals surface area (Å²) in [5.41, 5.74) is 1.51. The first-order valence-electron chi connectivity index (χ1n) is 7.59. The van der Waals surface area contributed by atoms with Crippen LogP contribution in [0.25, 0.3) is 0 Å². The molecule has 118 valence electrons. The summed E-state index contributed by atoms with van der Waals surface area (Å²) >= 11 is 0. The molecule has 0 aliphatic heterocycles. The van der Waals surface area contributed by atoms with E-state index in [-0.39, 0.29) is 12.5 Å². The molecule has 2 atom stereocenters. The number of rotatable bonds is 8. The molecular formula is C16H32O3Si. The second-order valence-corrected chi connectivity index (χ2v) is 11.8. The topological polar surface area (TPSA) is 49.7 Å². The van der Waals surface area contributed by atoms with Gasteiger partial charge in [-0.2, -0.15) is 0 Å². The zero-order chi connectivity index (χ0) is 15.9. The second kappa shape index (κ2) is 8.84. The predicted octanol–water partition coefficient (Wildman–Crippen LogP) is 3.17. The van der Waals surface area contributed by atoms with Crippen molar-refractivity contribution in [1.82, 2.24) is 0 Å². The summed E-state index contributed by atoms with van der Waals surface area (Å²) in [6.45, 7) is 15.3. The van der Waals surface area contributed by atoms with E-state index in [2.05, 4.69) is 53.4 Å². The lowest BCUT2D eigenvalue weighted by Gasteiger charge is -2.42. The summed E-state index contributed by atoms with van der Waals surface area (Å²) in [4.78, 5) is 0. The van der Waals surface area contributed by atoms with Gasteiger partial charge < -0.3 is 14.6 Å². The Morgan fingerprint density at radius 3 is 1.75 bits per heavy atom. The second-order valence-electron chi connectivity index (χ2n) is 6.38. The average molecular weight is 301 g/mol. The quantitative estimate of drug-likeness (QED) is 0.535. The monoisotopic (exact) mass is 300 g/mol. The van der Waals surface area contributed by atoms with Crippen LogP contribution in [0.5, 0.6) is 0 Å². The van der Waals surface area contributed by atoms with Crippen LogP contribution in [0.1, 0.15) is 48.5 Å². The SMILES string of the molecule is CC#C[C@@H](CO[Si](C(C)C)(C(C)C)C(C)C)[C@H](O)CO. The van der Waals surface area contributed by atoms with Crippen molar-refractivity contribution in [2.24, 2.45) is 5.92 Å². The number of aliphatic hydroxyl groups excluding tert-OH is 2. The Labute approximate surface area is 125 Å². The summed E-state index contributed by atoms with van der Waals surface area (Å²) in [6.07, 6.45) is -0.833.